The molecule has 30 heavy (non-hydrogen) atoms. The summed E-state index contributed by atoms with van der Waals surface area (Å²) in [5.74, 6) is -0.735. The van der Waals surface area contributed by atoms with Crippen LogP contribution in [0.2, 0.25) is 0 Å². The van der Waals surface area contributed by atoms with Gasteiger partial charge in [0.1, 0.15) is 0 Å². The Hall–Kier alpha value is -1.71. The van der Waals surface area contributed by atoms with Crippen LogP contribution in [0.3, 0.4) is 0 Å². The van der Waals surface area contributed by atoms with Crippen LogP contribution in [0.4, 0.5) is 11.4 Å². The first kappa shape index (κ1) is 23.0. The summed E-state index contributed by atoms with van der Waals surface area (Å²) in [5, 5.41) is 2.76. The maximum Gasteiger partial charge on any atom is 0.226 e. The molecule has 0 saturated heterocycles. The fourth-order valence-electron chi connectivity index (χ4n) is 3.39. The average Bonchev–Trinajstić information content (AvgIpc) is 3.10. The minimum Gasteiger partial charge on any atom is -0.326 e. The molecule has 0 aliphatic carbocycles. The fraction of sp³-hybridized carbons (Fsp3) is 0.333. The van der Waals surface area contributed by atoms with Crippen molar-refractivity contribution in [1.29, 1.82) is 0 Å². The van der Waals surface area contributed by atoms with Gasteiger partial charge in [-0.25, -0.2) is 8.42 Å². The lowest BCUT2D eigenvalue weighted by molar-refractivity contribution is -0.118. The van der Waals surface area contributed by atoms with E-state index >= 15 is 0 Å². The lowest BCUT2D eigenvalue weighted by Crippen LogP contribution is -2.28. The molecule has 160 valence electrons. The molecule has 2 aromatic rings. The molecular weight excluding hydrogens is 536 g/mol. The highest BCUT2D eigenvalue weighted by Gasteiger charge is 2.28. The summed E-state index contributed by atoms with van der Waals surface area (Å²) >= 11 is 6.72. The number of nitrogens with one attached hydrogen (secondary N) is 1. The van der Waals surface area contributed by atoms with Gasteiger partial charge < -0.3 is 10.2 Å². The second-order valence-electron chi connectivity index (χ2n) is 7.14. The van der Waals surface area contributed by atoms with Crippen LogP contribution in [-0.2, 0) is 25.8 Å². The van der Waals surface area contributed by atoms with Crippen LogP contribution in [0.5, 0.6) is 0 Å². The van der Waals surface area contributed by atoms with Crippen LogP contribution >= 0.6 is 31.9 Å². The number of hydrogen-bond acceptors (Lipinski definition) is 4. The van der Waals surface area contributed by atoms with E-state index in [1.807, 2.05) is 19.1 Å². The van der Waals surface area contributed by atoms with Crippen LogP contribution in [0.15, 0.2) is 44.2 Å². The molecule has 0 unspecified atom stereocenters. The van der Waals surface area contributed by atoms with Crippen LogP contribution in [0.25, 0.3) is 0 Å². The molecule has 1 aliphatic rings. The van der Waals surface area contributed by atoms with Gasteiger partial charge in [-0.2, -0.15) is 0 Å². The van der Waals surface area contributed by atoms with Crippen molar-refractivity contribution >= 4 is 64.9 Å². The van der Waals surface area contributed by atoms with Crippen LogP contribution in [0, 0.1) is 6.92 Å². The van der Waals surface area contributed by atoms with E-state index in [0.29, 0.717) is 35.2 Å². The normalized spacial score (nSPS) is 13.3. The summed E-state index contributed by atoms with van der Waals surface area (Å²) in [4.78, 5) is 26.2. The number of carbonyl (C=O) groups is 2. The molecule has 0 bridgehead atoms. The maximum absolute atomic E-state index is 12.9. The molecule has 0 fully saturated rings. The third-order valence-corrected chi connectivity index (χ3v) is 8.19. The number of carbonyl (C=O) groups excluding carboxylic acids is 2. The Morgan fingerprint density at radius 1 is 1.17 bits per heavy atom. The quantitative estimate of drug-likeness (QED) is 0.561. The van der Waals surface area contributed by atoms with Gasteiger partial charge in [0.15, 0.2) is 9.84 Å². The Kier molecular flexibility index (Phi) is 7.04. The highest BCUT2D eigenvalue weighted by Crippen LogP contribution is 2.36. The van der Waals surface area contributed by atoms with Crippen molar-refractivity contribution in [2.24, 2.45) is 0 Å². The number of anilines is 2. The van der Waals surface area contributed by atoms with Crippen molar-refractivity contribution in [2.75, 3.05) is 22.5 Å². The van der Waals surface area contributed by atoms with Gasteiger partial charge in [-0.1, -0.05) is 22.9 Å². The van der Waals surface area contributed by atoms with Crippen LogP contribution in [-0.4, -0.2) is 32.5 Å². The third-order valence-electron chi connectivity index (χ3n) is 5.03. The predicted octanol–water partition coefficient (Wildman–Crippen LogP) is 4.62. The van der Waals surface area contributed by atoms with Gasteiger partial charge in [0.2, 0.25) is 11.8 Å². The predicted molar refractivity (Wildman–Crippen MR) is 125 cm³/mol. The zero-order chi connectivity index (χ0) is 22.1. The smallest absolute Gasteiger partial charge is 0.226 e. The van der Waals surface area contributed by atoms with Gasteiger partial charge in [-0.15, -0.1) is 0 Å². The largest absolute Gasteiger partial charge is 0.326 e. The lowest BCUT2D eigenvalue weighted by atomic mass is 10.2. The number of amides is 2. The monoisotopic (exact) mass is 556 g/mol. The molecule has 0 aromatic heterocycles. The Morgan fingerprint density at radius 2 is 1.90 bits per heavy atom. The van der Waals surface area contributed by atoms with E-state index in [1.54, 1.807) is 30.0 Å². The summed E-state index contributed by atoms with van der Waals surface area (Å²) in [6, 6.07) is 8.76. The highest BCUT2D eigenvalue weighted by molar-refractivity contribution is 9.10. The zero-order valence-electron chi connectivity index (χ0n) is 16.7. The molecule has 1 heterocycles. The molecule has 1 N–H and O–H groups in total. The van der Waals surface area contributed by atoms with Gasteiger partial charge in [-0.05, 0) is 70.7 Å². The van der Waals surface area contributed by atoms with Crippen LogP contribution < -0.4 is 10.2 Å². The number of aryl methyl sites for hydroxylation is 1. The summed E-state index contributed by atoms with van der Waals surface area (Å²) in [6.45, 7) is 4.19. The summed E-state index contributed by atoms with van der Waals surface area (Å²) in [7, 11) is -3.73. The first-order chi connectivity index (χ1) is 14.1. The minimum absolute atomic E-state index is 0.0383. The van der Waals surface area contributed by atoms with E-state index in [1.165, 1.54) is 0 Å². The van der Waals surface area contributed by atoms with E-state index < -0.39 is 9.84 Å². The first-order valence-electron chi connectivity index (χ1n) is 9.54. The van der Waals surface area contributed by atoms with E-state index in [9.17, 15) is 18.0 Å². The summed E-state index contributed by atoms with van der Waals surface area (Å²) in [6.07, 6.45) is 0.876. The highest BCUT2D eigenvalue weighted by atomic mass is 79.9. The second kappa shape index (κ2) is 9.20. The molecule has 2 amide bonds. The number of sulfone groups is 1. The molecule has 9 heteroatoms. The second-order valence-corrected chi connectivity index (χ2v) is 11.0. The Morgan fingerprint density at radius 3 is 2.57 bits per heavy atom. The van der Waals surface area contributed by atoms with E-state index in [2.05, 4.69) is 37.2 Å². The minimum atomic E-state index is -3.73. The fourth-order valence-corrected chi connectivity index (χ4v) is 6.32. The van der Waals surface area contributed by atoms with Crippen molar-refractivity contribution in [3.63, 3.8) is 0 Å². The standard InChI is InChI=1S/C21H22Br2N2O4S/c1-3-21(27)25-8-6-14-11-16(23)19(12-18(14)25)30(28,29)9-7-20(26)24-17-5-4-15(22)10-13(17)2/h4-5,10-12H,3,6-9H2,1-2H3,(H,24,26). The molecule has 6 nitrogen and oxygen atoms in total. The van der Waals surface area contributed by atoms with Gasteiger partial charge in [0.05, 0.1) is 10.6 Å². The Labute approximate surface area is 193 Å². The Bertz CT molecular complexity index is 1120. The molecule has 2 aromatic carbocycles. The maximum atomic E-state index is 12.9. The van der Waals surface area contributed by atoms with Crippen molar-refractivity contribution in [1.82, 2.24) is 0 Å². The Balaban J connectivity index is 1.76. The molecule has 1 aliphatic heterocycles. The molecule has 3 rings (SSSR count). The SMILES string of the molecule is CCC(=O)N1CCc2cc(Br)c(S(=O)(=O)CCC(=O)Nc3ccc(Br)cc3C)cc21. The van der Waals surface area contributed by atoms with Gasteiger partial charge >= 0.3 is 0 Å². The van der Waals surface area contributed by atoms with Crippen molar-refractivity contribution in [2.45, 2.75) is 38.0 Å². The molecule has 0 atom stereocenters. The number of rotatable bonds is 6. The zero-order valence-corrected chi connectivity index (χ0v) is 20.7. The molecule has 0 spiro atoms. The number of benzene rings is 2. The van der Waals surface area contributed by atoms with E-state index in [-0.39, 0.29) is 28.9 Å². The topological polar surface area (TPSA) is 83.6 Å². The molecule has 0 saturated carbocycles. The third kappa shape index (κ3) is 4.95. The average molecular weight is 558 g/mol. The number of hydrogen-bond donors (Lipinski definition) is 1. The van der Waals surface area contributed by atoms with Gasteiger partial charge in [-0.3, -0.25) is 9.59 Å². The van der Waals surface area contributed by atoms with Crippen molar-refractivity contribution in [3.8, 4) is 0 Å². The summed E-state index contributed by atoms with van der Waals surface area (Å²) in [5.41, 5.74) is 3.10. The van der Waals surface area contributed by atoms with Crippen LogP contribution in [0.1, 0.15) is 30.9 Å². The van der Waals surface area contributed by atoms with E-state index in [0.717, 1.165) is 15.6 Å². The summed E-state index contributed by atoms with van der Waals surface area (Å²) < 4.78 is 27.3. The molecule has 0 radical (unpaired) electrons. The number of nitrogens with zero attached hydrogens (tertiary/aromatic N) is 1. The number of fused-ring (bicyclic) bond motifs is 1. The van der Waals surface area contributed by atoms with Crippen molar-refractivity contribution < 1.29 is 18.0 Å². The van der Waals surface area contributed by atoms with Crippen molar-refractivity contribution in [3.05, 3.63) is 50.4 Å². The molecular formula is C21H22Br2N2O4S. The lowest BCUT2D eigenvalue weighted by Gasteiger charge is -2.18. The number of halogens is 2. The van der Waals surface area contributed by atoms with Gasteiger partial charge in [0, 0.05) is 39.7 Å². The first-order valence-corrected chi connectivity index (χ1v) is 12.8. The van der Waals surface area contributed by atoms with E-state index in [4.69, 9.17) is 0 Å². The van der Waals surface area contributed by atoms with Gasteiger partial charge in [0.25, 0.3) is 0 Å².